The van der Waals surface area contributed by atoms with Gasteiger partial charge in [0.2, 0.25) is 0 Å². The largest absolute Gasteiger partial charge is 0.305 e. The van der Waals surface area contributed by atoms with Crippen molar-refractivity contribution in [2.45, 2.75) is 33.2 Å². The minimum Gasteiger partial charge on any atom is -0.305 e. The van der Waals surface area contributed by atoms with Crippen LogP contribution in [0.3, 0.4) is 0 Å². The Morgan fingerprint density at radius 1 is 1.39 bits per heavy atom. The molecule has 18 heavy (non-hydrogen) atoms. The average Bonchev–Trinajstić information content (AvgIpc) is 2.94. The third kappa shape index (κ3) is 2.87. The minimum absolute atomic E-state index is 0.347. The van der Waals surface area contributed by atoms with Crippen LogP contribution in [0.25, 0.3) is 0 Å². The summed E-state index contributed by atoms with van der Waals surface area (Å²) < 4.78 is 1.22. The molecule has 0 bridgehead atoms. The Morgan fingerprint density at radius 2 is 2.17 bits per heavy atom. The van der Waals surface area contributed by atoms with Gasteiger partial charge in [0.15, 0.2) is 0 Å². The summed E-state index contributed by atoms with van der Waals surface area (Å²) in [5, 5.41) is 5.82. The first-order valence-electron chi connectivity index (χ1n) is 6.22. The second-order valence-electron chi connectivity index (χ2n) is 4.21. The average molecular weight is 344 g/mol. The highest BCUT2D eigenvalue weighted by molar-refractivity contribution is 9.10. The van der Waals surface area contributed by atoms with Crippen molar-refractivity contribution in [3.63, 3.8) is 0 Å². The number of halogens is 1. The molecule has 0 aliphatic carbocycles. The van der Waals surface area contributed by atoms with E-state index in [9.17, 15) is 0 Å². The molecule has 2 heterocycles. The molecule has 4 heteroatoms. The molecule has 0 spiro atoms. The third-order valence-electron chi connectivity index (χ3n) is 2.99. The number of rotatable bonds is 5. The molecule has 0 aliphatic rings. The smallest absolute Gasteiger partial charge is 0.0768 e. The van der Waals surface area contributed by atoms with Gasteiger partial charge in [0.05, 0.1) is 6.04 Å². The molecule has 0 fully saturated rings. The summed E-state index contributed by atoms with van der Waals surface area (Å²) in [5.74, 6) is 0. The molecule has 2 rings (SSSR count). The molecule has 0 radical (unpaired) electrons. The van der Waals surface area contributed by atoms with Gasteiger partial charge in [-0.25, -0.2) is 0 Å². The van der Waals surface area contributed by atoms with Crippen LogP contribution in [0.4, 0.5) is 0 Å². The number of thiophene rings is 2. The third-order valence-corrected chi connectivity index (χ3v) is 6.22. The fourth-order valence-electron chi connectivity index (χ4n) is 2.04. The normalized spacial score (nSPS) is 12.9. The van der Waals surface area contributed by atoms with Crippen LogP contribution >= 0.6 is 38.6 Å². The lowest BCUT2D eigenvalue weighted by Crippen LogP contribution is -2.21. The van der Waals surface area contributed by atoms with Crippen molar-refractivity contribution >= 4 is 38.6 Å². The molecule has 0 aromatic carbocycles. The first-order valence-corrected chi connectivity index (χ1v) is 8.71. The Labute approximate surface area is 125 Å². The van der Waals surface area contributed by atoms with Gasteiger partial charge < -0.3 is 5.32 Å². The zero-order chi connectivity index (χ0) is 13.1. The van der Waals surface area contributed by atoms with Crippen LogP contribution in [0.2, 0.25) is 0 Å². The van der Waals surface area contributed by atoms with Crippen molar-refractivity contribution in [1.29, 1.82) is 0 Å². The zero-order valence-corrected chi connectivity index (χ0v) is 14.1. The van der Waals surface area contributed by atoms with Crippen LogP contribution in [0, 0.1) is 6.92 Å². The van der Waals surface area contributed by atoms with E-state index < -0.39 is 0 Å². The van der Waals surface area contributed by atoms with Crippen molar-refractivity contribution in [2.75, 3.05) is 6.54 Å². The Hall–Kier alpha value is -0.160. The second kappa shape index (κ2) is 6.33. The summed E-state index contributed by atoms with van der Waals surface area (Å²) in [6.45, 7) is 7.54. The maximum Gasteiger partial charge on any atom is 0.0768 e. The van der Waals surface area contributed by atoms with Gasteiger partial charge in [-0.05, 0) is 58.9 Å². The van der Waals surface area contributed by atoms with E-state index >= 15 is 0 Å². The number of hydrogen-bond donors (Lipinski definition) is 1. The minimum atomic E-state index is 0.347. The van der Waals surface area contributed by atoms with Crippen LogP contribution in [0.15, 0.2) is 22.0 Å². The quantitative estimate of drug-likeness (QED) is 0.792. The van der Waals surface area contributed by atoms with Crippen molar-refractivity contribution in [1.82, 2.24) is 5.32 Å². The van der Waals surface area contributed by atoms with E-state index in [-0.39, 0.29) is 0 Å². The van der Waals surface area contributed by atoms with E-state index in [4.69, 9.17) is 0 Å². The molecule has 2 aromatic rings. The molecule has 2 aromatic heterocycles. The van der Waals surface area contributed by atoms with Gasteiger partial charge in [0.1, 0.15) is 0 Å². The van der Waals surface area contributed by atoms with E-state index in [1.165, 1.54) is 24.7 Å². The van der Waals surface area contributed by atoms with Gasteiger partial charge in [-0.1, -0.05) is 13.8 Å². The van der Waals surface area contributed by atoms with Gasteiger partial charge in [0.25, 0.3) is 0 Å². The fraction of sp³-hybridized carbons (Fsp3) is 0.429. The van der Waals surface area contributed by atoms with Gasteiger partial charge in [0, 0.05) is 19.1 Å². The molecule has 0 saturated carbocycles. The Morgan fingerprint density at radius 3 is 2.72 bits per heavy atom. The number of nitrogens with one attached hydrogen (secondary N) is 1. The van der Waals surface area contributed by atoms with E-state index in [2.05, 4.69) is 59.5 Å². The van der Waals surface area contributed by atoms with Crippen molar-refractivity contribution in [3.05, 3.63) is 42.2 Å². The lowest BCUT2D eigenvalue weighted by molar-refractivity contribution is 0.644. The molecular formula is C14H18BrNS2. The molecule has 1 unspecified atom stereocenters. The van der Waals surface area contributed by atoms with Crippen LogP contribution in [-0.2, 0) is 6.42 Å². The lowest BCUT2D eigenvalue weighted by atomic mass is 10.1. The Bertz CT molecular complexity index is 496. The highest BCUT2D eigenvalue weighted by Crippen LogP contribution is 2.37. The molecule has 98 valence electrons. The number of aryl methyl sites for hydroxylation is 2. The lowest BCUT2D eigenvalue weighted by Gasteiger charge is -2.16. The van der Waals surface area contributed by atoms with Crippen LogP contribution in [-0.4, -0.2) is 6.54 Å². The predicted molar refractivity (Wildman–Crippen MR) is 86.0 cm³/mol. The fourth-order valence-corrected chi connectivity index (χ4v) is 4.85. The molecule has 1 nitrogen and oxygen atoms in total. The highest BCUT2D eigenvalue weighted by atomic mass is 79.9. The number of hydrogen-bond acceptors (Lipinski definition) is 3. The van der Waals surface area contributed by atoms with Crippen LogP contribution < -0.4 is 5.32 Å². The summed E-state index contributed by atoms with van der Waals surface area (Å²) in [6.07, 6.45) is 1.10. The Balaban J connectivity index is 2.39. The van der Waals surface area contributed by atoms with Crippen molar-refractivity contribution in [2.24, 2.45) is 0 Å². The van der Waals surface area contributed by atoms with E-state index in [1.807, 2.05) is 22.7 Å². The van der Waals surface area contributed by atoms with Gasteiger partial charge in [-0.15, -0.1) is 22.7 Å². The van der Waals surface area contributed by atoms with Crippen molar-refractivity contribution < 1.29 is 0 Å². The summed E-state index contributed by atoms with van der Waals surface area (Å²) >= 11 is 7.36. The topological polar surface area (TPSA) is 12.0 Å². The highest BCUT2D eigenvalue weighted by Gasteiger charge is 2.20. The molecule has 0 amide bonds. The van der Waals surface area contributed by atoms with E-state index in [1.54, 1.807) is 0 Å². The molecular weight excluding hydrogens is 326 g/mol. The molecule has 0 aliphatic heterocycles. The van der Waals surface area contributed by atoms with E-state index in [0.29, 0.717) is 6.04 Å². The van der Waals surface area contributed by atoms with Crippen LogP contribution in [0.5, 0.6) is 0 Å². The summed E-state index contributed by atoms with van der Waals surface area (Å²) in [5.41, 5.74) is 1.47. The van der Waals surface area contributed by atoms with E-state index in [0.717, 1.165) is 13.0 Å². The SMILES string of the molecule is CCNC(c1cc(Br)c(C)s1)c1sccc1CC. The van der Waals surface area contributed by atoms with Crippen molar-refractivity contribution in [3.8, 4) is 0 Å². The predicted octanol–water partition coefficient (Wildman–Crippen LogP) is 5.14. The molecule has 1 N–H and O–H groups in total. The molecule has 0 saturated heterocycles. The summed E-state index contributed by atoms with van der Waals surface area (Å²) in [7, 11) is 0. The monoisotopic (exact) mass is 343 g/mol. The zero-order valence-electron chi connectivity index (χ0n) is 10.9. The second-order valence-corrected chi connectivity index (χ2v) is 7.30. The first-order chi connectivity index (χ1) is 8.67. The van der Waals surface area contributed by atoms with Crippen LogP contribution in [0.1, 0.15) is 40.1 Å². The van der Waals surface area contributed by atoms with Gasteiger partial charge in [-0.2, -0.15) is 0 Å². The standard InChI is InChI=1S/C14H18BrNS2/c1-4-10-6-7-17-14(10)13(16-5-2)12-8-11(15)9(3)18-12/h6-8,13,16H,4-5H2,1-3H3. The Kier molecular flexibility index (Phi) is 5.01. The molecule has 1 atom stereocenters. The van der Waals surface area contributed by atoms with Gasteiger partial charge in [-0.3, -0.25) is 0 Å². The first kappa shape index (κ1) is 14.3. The van der Waals surface area contributed by atoms with Gasteiger partial charge >= 0.3 is 0 Å². The maximum atomic E-state index is 3.62. The summed E-state index contributed by atoms with van der Waals surface area (Å²) in [4.78, 5) is 4.22. The maximum absolute atomic E-state index is 3.62. The summed E-state index contributed by atoms with van der Waals surface area (Å²) in [6, 6.07) is 4.85.